The number of fused-ring (bicyclic) bond motifs is 1. The standard InChI is InChI=1S/C14H19NO3/c1-18-9-5-4-8-15-12-7-3-2-6-11(12)10-13(15)14(16)17/h2-3,6-7,13H,4-5,8-10H2,1H3,(H,16,17). The van der Waals surface area contributed by atoms with Crippen molar-refractivity contribution in [1.29, 1.82) is 0 Å². The molecule has 1 atom stereocenters. The summed E-state index contributed by atoms with van der Waals surface area (Å²) in [6.45, 7) is 1.50. The number of hydrogen-bond acceptors (Lipinski definition) is 3. The van der Waals surface area contributed by atoms with Crippen LogP contribution in [0.25, 0.3) is 0 Å². The third-order valence-corrected chi connectivity index (χ3v) is 3.37. The Bertz CT molecular complexity index is 419. The van der Waals surface area contributed by atoms with Gasteiger partial charge in [-0.3, -0.25) is 0 Å². The first-order valence-electron chi connectivity index (χ1n) is 6.30. The number of unbranched alkanes of at least 4 members (excludes halogenated alkanes) is 1. The molecule has 0 saturated carbocycles. The van der Waals surface area contributed by atoms with E-state index in [-0.39, 0.29) is 0 Å². The van der Waals surface area contributed by atoms with Crippen LogP contribution >= 0.6 is 0 Å². The van der Waals surface area contributed by atoms with Crippen LogP contribution in [0.2, 0.25) is 0 Å². The molecule has 2 rings (SSSR count). The number of ether oxygens (including phenoxy) is 1. The molecule has 0 amide bonds. The van der Waals surface area contributed by atoms with E-state index in [1.54, 1.807) is 7.11 Å². The molecule has 1 N–H and O–H groups in total. The van der Waals surface area contributed by atoms with Crippen molar-refractivity contribution in [3.63, 3.8) is 0 Å². The van der Waals surface area contributed by atoms with E-state index in [9.17, 15) is 9.90 Å². The fraction of sp³-hybridized carbons (Fsp3) is 0.500. The Morgan fingerprint density at radius 1 is 1.44 bits per heavy atom. The van der Waals surface area contributed by atoms with Crippen LogP contribution < -0.4 is 4.90 Å². The highest BCUT2D eigenvalue weighted by Crippen LogP contribution is 2.32. The van der Waals surface area contributed by atoms with Gasteiger partial charge in [-0.1, -0.05) is 18.2 Å². The average molecular weight is 249 g/mol. The number of aliphatic carboxylic acids is 1. The van der Waals surface area contributed by atoms with Crippen molar-refractivity contribution < 1.29 is 14.6 Å². The van der Waals surface area contributed by atoms with E-state index < -0.39 is 12.0 Å². The normalized spacial score (nSPS) is 17.8. The molecule has 0 saturated heterocycles. The van der Waals surface area contributed by atoms with Gasteiger partial charge in [0.15, 0.2) is 0 Å². The van der Waals surface area contributed by atoms with E-state index in [1.807, 2.05) is 29.2 Å². The lowest BCUT2D eigenvalue weighted by atomic mass is 10.1. The van der Waals surface area contributed by atoms with E-state index >= 15 is 0 Å². The highest BCUT2D eigenvalue weighted by Gasteiger charge is 2.33. The van der Waals surface area contributed by atoms with Gasteiger partial charge >= 0.3 is 5.97 Å². The molecule has 1 unspecified atom stereocenters. The minimum Gasteiger partial charge on any atom is -0.480 e. The van der Waals surface area contributed by atoms with Crippen molar-refractivity contribution in [2.45, 2.75) is 25.3 Å². The maximum absolute atomic E-state index is 11.3. The number of methoxy groups -OCH3 is 1. The second kappa shape index (κ2) is 5.87. The Hall–Kier alpha value is -1.55. The number of rotatable bonds is 6. The first-order chi connectivity index (χ1) is 8.74. The molecule has 0 spiro atoms. The molecule has 1 aliphatic heterocycles. The maximum atomic E-state index is 11.3. The largest absolute Gasteiger partial charge is 0.480 e. The van der Waals surface area contributed by atoms with Gasteiger partial charge in [-0.05, 0) is 24.5 Å². The van der Waals surface area contributed by atoms with Gasteiger partial charge < -0.3 is 14.7 Å². The molecule has 1 heterocycles. The van der Waals surface area contributed by atoms with Crippen molar-refractivity contribution in [2.75, 3.05) is 25.2 Å². The number of anilines is 1. The van der Waals surface area contributed by atoms with Gasteiger partial charge in [0.1, 0.15) is 6.04 Å². The second-order valence-corrected chi connectivity index (χ2v) is 4.58. The molecule has 4 nitrogen and oxygen atoms in total. The lowest BCUT2D eigenvalue weighted by Gasteiger charge is -2.24. The fourth-order valence-electron chi connectivity index (χ4n) is 2.48. The number of carbonyl (C=O) groups is 1. The van der Waals surface area contributed by atoms with Gasteiger partial charge in [0.2, 0.25) is 0 Å². The van der Waals surface area contributed by atoms with E-state index in [1.165, 1.54) is 0 Å². The van der Waals surface area contributed by atoms with Crippen LogP contribution in [0.3, 0.4) is 0 Å². The summed E-state index contributed by atoms with van der Waals surface area (Å²) in [5.74, 6) is -0.738. The van der Waals surface area contributed by atoms with E-state index in [0.29, 0.717) is 6.42 Å². The van der Waals surface area contributed by atoms with Crippen LogP contribution in [0.4, 0.5) is 5.69 Å². The van der Waals surface area contributed by atoms with Crippen molar-refractivity contribution >= 4 is 11.7 Å². The molecular formula is C14H19NO3. The van der Waals surface area contributed by atoms with Crippen LogP contribution in [0.1, 0.15) is 18.4 Å². The number of benzene rings is 1. The third kappa shape index (κ3) is 2.64. The summed E-state index contributed by atoms with van der Waals surface area (Å²) in [6, 6.07) is 7.54. The van der Waals surface area contributed by atoms with Crippen molar-refractivity contribution in [3.05, 3.63) is 29.8 Å². The first kappa shape index (κ1) is 12.9. The molecule has 0 aromatic heterocycles. The molecule has 18 heavy (non-hydrogen) atoms. The topological polar surface area (TPSA) is 49.8 Å². The predicted molar refractivity (Wildman–Crippen MR) is 70.0 cm³/mol. The third-order valence-electron chi connectivity index (χ3n) is 3.37. The Morgan fingerprint density at radius 3 is 2.94 bits per heavy atom. The zero-order chi connectivity index (χ0) is 13.0. The van der Waals surface area contributed by atoms with Gasteiger partial charge in [-0.15, -0.1) is 0 Å². The molecule has 1 aromatic rings. The van der Waals surface area contributed by atoms with Gasteiger partial charge in [0, 0.05) is 32.4 Å². The molecule has 1 aromatic carbocycles. The van der Waals surface area contributed by atoms with Crippen LogP contribution in [-0.4, -0.2) is 37.4 Å². The highest BCUT2D eigenvalue weighted by atomic mass is 16.5. The van der Waals surface area contributed by atoms with Gasteiger partial charge in [-0.2, -0.15) is 0 Å². The smallest absolute Gasteiger partial charge is 0.326 e. The molecular weight excluding hydrogens is 230 g/mol. The fourth-order valence-corrected chi connectivity index (χ4v) is 2.48. The van der Waals surface area contributed by atoms with Gasteiger partial charge in [0.05, 0.1) is 0 Å². The van der Waals surface area contributed by atoms with Gasteiger partial charge in [-0.25, -0.2) is 4.79 Å². The summed E-state index contributed by atoms with van der Waals surface area (Å²) < 4.78 is 5.02. The lowest BCUT2D eigenvalue weighted by Crippen LogP contribution is -2.39. The number of carboxylic acids is 1. The molecule has 4 heteroatoms. The van der Waals surface area contributed by atoms with Crippen LogP contribution in [-0.2, 0) is 16.0 Å². The minimum absolute atomic E-state index is 0.412. The predicted octanol–water partition coefficient (Wildman–Crippen LogP) is 1.93. The molecule has 0 radical (unpaired) electrons. The Kier molecular flexibility index (Phi) is 4.20. The molecule has 1 aliphatic rings. The molecule has 0 fully saturated rings. The van der Waals surface area contributed by atoms with Crippen molar-refractivity contribution in [1.82, 2.24) is 0 Å². The van der Waals surface area contributed by atoms with Crippen LogP contribution in [0.15, 0.2) is 24.3 Å². The Balaban J connectivity index is 2.06. The minimum atomic E-state index is -0.738. The summed E-state index contributed by atoms with van der Waals surface area (Å²) in [5.41, 5.74) is 2.21. The first-order valence-corrected chi connectivity index (χ1v) is 6.30. The number of hydrogen-bond donors (Lipinski definition) is 1. The molecule has 98 valence electrons. The summed E-state index contributed by atoms with van der Waals surface area (Å²) in [4.78, 5) is 13.3. The number of nitrogens with zero attached hydrogens (tertiary/aromatic N) is 1. The van der Waals surface area contributed by atoms with Gasteiger partial charge in [0.25, 0.3) is 0 Å². The van der Waals surface area contributed by atoms with E-state index in [0.717, 1.165) is 37.2 Å². The maximum Gasteiger partial charge on any atom is 0.326 e. The van der Waals surface area contributed by atoms with E-state index in [4.69, 9.17) is 4.74 Å². The Morgan fingerprint density at radius 2 is 2.22 bits per heavy atom. The number of carboxylic acid groups (broad SMARTS) is 1. The van der Waals surface area contributed by atoms with Crippen molar-refractivity contribution in [3.8, 4) is 0 Å². The highest BCUT2D eigenvalue weighted by molar-refractivity contribution is 5.82. The molecule has 0 aliphatic carbocycles. The SMILES string of the molecule is COCCCCN1c2ccccc2CC1C(=O)O. The molecule has 0 bridgehead atoms. The summed E-state index contributed by atoms with van der Waals surface area (Å²) in [7, 11) is 1.69. The number of para-hydroxylation sites is 1. The quantitative estimate of drug-likeness (QED) is 0.783. The summed E-state index contributed by atoms with van der Waals surface area (Å²) in [6.07, 6.45) is 2.52. The second-order valence-electron chi connectivity index (χ2n) is 4.58. The monoisotopic (exact) mass is 249 g/mol. The van der Waals surface area contributed by atoms with Crippen LogP contribution in [0, 0.1) is 0 Å². The van der Waals surface area contributed by atoms with Crippen molar-refractivity contribution in [2.24, 2.45) is 0 Å². The Labute approximate surface area is 107 Å². The van der Waals surface area contributed by atoms with E-state index in [2.05, 4.69) is 0 Å². The summed E-state index contributed by atoms with van der Waals surface area (Å²) >= 11 is 0. The lowest BCUT2D eigenvalue weighted by molar-refractivity contribution is -0.138. The summed E-state index contributed by atoms with van der Waals surface area (Å²) in [5, 5.41) is 9.29. The average Bonchev–Trinajstić information content (AvgIpc) is 2.74. The van der Waals surface area contributed by atoms with Crippen LogP contribution in [0.5, 0.6) is 0 Å². The zero-order valence-corrected chi connectivity index (χ0v) is 10.6. The zero-order valence-electron chi connectivity index (χ0n) is 10.6.